The number of rotatable bonds is 7. The number of hydrogen-bond acceptors (Lipinski definition) is 2. The maximum atomic E-state index is 12.6. The molecular formula is C24H32N2O2. The van der Waals surface area contributed by atoms with Crippen molar-refractivity contribution >= 4 is 11.8 Å². The van der Waals surface area contributed by atoms with E-state index in [4.69, 9.17) is 0 Å². The van der Waals surface area contributed by atoms with Gasteiger partial charge in [0.2, 0.25) is 11.8 Å². The maximum Gasteiger partial charge on any atom is 0.225 e. The van der Waals surface area contributed by atoms with Crippen LogP contribution in [0.1, 0.15) is 61.9 Å². The molecule has 0 aromatic heterocycles. The monoisotopic (exact) mass is 380 g/mol. The van der Waals surface area contributed by atoms with Crippen LogP contribution in [0.2, 0.25) is 0 Å². The first kappa shape index (κ1) is 21.7. The minimum absolute atomic E-state index is 0.00482. The molecule has 0 fully saturated rings. The Morgan fingerprint density at radius 2 is 1.61 bits per heavy atom. The van der Waals surface area contributed by atoms with Crippen molar-refractivity contribution in [2.45, 2.75) is 53.5 Å². The first-order chi connectivity index (χ1) is 13.2. The molecule has 28 heavy (non-hydrogen) atoms. The van der Waals surface area contributed by atoms with Gasteiger partial charge >= 0.3 is 0 Å². The molecule has 0 bridgehead atoms. The molecule has 0 unspecified atom stereocenters. The molecule has 2 rings (SSSR count). The molecule has 0 aliphatic carbocycles. The average molecular weight is 381 g/mol. The third kappa shape index (κ3) is 6.22. The van der Waals surface area contributed by atoms with E-state index in [1.165, 1.54) is 11.1 Å². The normalized spacial score (nSPS) is 12.3. The summed E-state index contributed by atoms with van der Waals surface area (Å²) in [5.41, 5.74) is 4.15. The Bertz CT molecular complexity index is 807. The summed E-state index contributed by atoms with van der Waals surface area (Å²) >= 11 is 0. The van der Waals surface area contributed by atoms with Gasteiger partial charge in [-0.15, -0.1) is 0 Å². The zero-order chi connectivity index (χ0) is 20.7. The Kier molecular flexibility index (Phi) is 7.38. The van der Waals surface area contributed by atoms with Crippen LogP contribution in [-0.4, -0.2) is 18.4 Å². The smallest absolute Gasteiger partial charge is 0.225 e. The lowest BCUT2D eigenvalue weighted by Crippen LogP contribution is -2.36. The third-order valence-corrected chi connectivity index (χ3v) is 4.85. The van der Waals surface area contributed by atoms with Crippen molar-refractivity contribution in [1.82, 2.24) is 10.6 Å². The standard InChI is InChI=1S/C24H32N2O2/c1-17-13-14-20(16-18(17)2)22(19-10-7-6-8-11-19)26-21(27)12-9-15-25-23(28)24(3,4)5/h6-8,10-11,13-14,16,22H,9,12,15H2,1-5H3,(H,25,28)(H,26,27)/t22-/m0/s1. The van der Waals surface area contributed by atoms with E-state index in [0.717, 1.165) is 11.1 Å². The second-order valence-corrected chi connectivity index (χ2v) is 8.36. The molecule has 0 spiro atoms. The fourth-order valence-electron chi connectivity index (χ4n) is 2.90. The van der Waals surface area contributed by atoms with E-state index in [1.807, 2.05) is 51.1 Å². The summed E-state index contributed by atoms with van der Waals surface area (Å²) in [6.07, 6.45) is 0.987. The molecule has 0 heterocycles. The number of nitrogens with one attached hydrogen (secondary N) is 2. The lowest BCUT2D eigenvalue weighted by Gasteiger charge is -2.21. The van der Waals surface area contributed by atoms with E-state index < -0.39 is 5.41 Å². The molecule has 0 aliphatic rings. The summed E-state index contributed by atoms with van der Waals surface area (Å²) in [7, 11) is 0. The second kappa shape index (κ2) is 9.54. The fourth-order valence-corrected chi connectivity index (χ4v) is 2.90. The van der Waals surface area contributed by atoms with E-state index in [-0.39, 0.29) is 17.9 Å². The molecule has 2 N–H and O–H groups in total. The summed E-state index contributed by atoms with van der Waals surface area (Å²) in [5, 5.41) is 6.05. The van der Waals surface area contributed by atoms with E-state index in [9.17, 15) is 9.59 Å². The Morgan fingerprint density at radius 1 is 0.929 bits per heavy atom. The van der Waals surface area contributed by atoms with Crippen LogP contribution in [0.25, 0.3) is 0 Å². The number of carbonyl (C=O) groups excluding carboxylic acids is 2. The number of carbonyl (C=O) groups is 2. The van der Waals surface area contributed by atoms with Crippen LogP contribution < -0.4 is 10.6 Å². The van der Waals surface area contributed by atoms with E-state index >= 15 is 0 Å². The van der Waals surface area contributed by atoms with Crippen LogP contribution in [0, 0.1) is 19.3 Å². The molecule has 0 saturated heterocycles. The van der Waals surface area contributed by atoms with Gasteiger partial charge < -0.3 is 10.6 Å². The zero-order valence-corrected chi connectivity index (χ0v) is 17.6. The van der Waals surface area contributed by atoms with Crippen molar-refractivity contribution in [3.63, 3.8) is 0 Å². The lowest BCUT2D eigenvalue weighted by molar-refractivity contribution is -0.128. The first-order valence-corrected chi connectivity index (χ1v) is 9.88. The van der Waals surface area contributed by atoms with Gasteiger partial charge in [-0.3, -0.25) is 9.59 Å². The molecule has 150 valence electrons. The van der Waals surface area contributed by atoms with Gasteiger partial charge in [-0.2, -0.15) is 0 Å². The van der Waals surface area contributed by atoms with Gasteiger partial charge in [-0.05, 0) is 42.5 Å². The van der Waals surface area contributed by atoms with Crippen molar-refractivity contribution in [2.75, 3.05) is 6.54 Å². The van der Waals surface area contributed by atoms with Crippen LogP contribution in [0.15, 0.2) is 48.5 Å². The van der Waals surface area contributed by atoms with Gasteiger partial charge in [0.05, 0.1) is 6.04 Å². The minimum Gasteiger partial charge on any atom is -0.356 e. The number of hydrogen-bond donors (Lipinski definition) is 2. The summed E-state index contributed by atoms with van der Waals surface area (Å²) in [6, 6.07) is 16.1. The van der Waals surface area contributed by atoms with Crippen LogP contribution in [0.3, 0.4) is 0 Å². The van der Waals surface area contributed by atoms with Gasteiger partial charge in [0.25, 0.3) is 0 Å². The number of benzene rings is 2. The molecular weight excluding hydrogens is 348 g/mol. The predicted octanol–water partition coefficient (Wildman–Crippen LogP) is 4.45. The van der Waals surface area contributed by atoms with E-state index in [0.29, 0.717) is 19.4 Å². The topological polar surface area (TPSA) is 58.2 Å². The molecule has 4 heteroatoms. The Balaban J connectivity index is 2.01. The van der Waals surface area contributed by atoms with Crippen molar-refractivity contribution in [3.8, 4) is 0 Å². The summed E-state index contributed by atoms with van der Waals surface area (Å²) in [5.74, 6) is -0.0118. The molecule has 2 aromatic carbocycles. The van der Waals surface area contributed by atoms with E-state index in [1.54, 1.807) is 0 Å². The lowest BCUT2D eigenvalue weighted by atomic mass is 9.95. The molecule has 0 radical (unpaired) electrons. The molecule has 2 aromatic rings. The Morgan fingerprint density at radius 3 is 2.21 bits per heavy atom. The van der Waals surface area contributed by atoms with Gasteiger partial charge in [0.1, 0.15) is 0 Å². The summed E-state index contributed by atoms with van der Waals surface area (Å²) < 4.78 is 0. The molecule has 0 aliphatic heterocycles. The largest absolute Gasteiger partial charge is 0.356 e. The van der Waals surface area contributed by atoms with Crippen LogP contribution in [0.5, 0.6) is 0 Å². The van der Waals surface area contributed by atoms with Crippen molar-refractivity contribution in [3.05, 3.63) is 70.8 Å². The molecule has 2 amide bonds. The van der Waals surface area contributed by atoms with Crippen LogP contribution >= 0.6 is 0 Å². The van der Waals surface area contributed by atoms with Crippen LogP contribution in [-0.2, 0) is 9.59 Å². The highest BCUT2D eigenvalue weighted by molar-refractivity contribution is 5.81. The average Bonchev–Trinajstić information content (AvgIpc) is 2.65. The van der Waals surface area contributed by atoms with Crippen molar-refractivity contribution in [1.29, 1.82) is 0 Å². The predicted molar refractivity (Wildman–Crippen MR) is 114 cm³/mol. The first-order valence-electron chi connectivity index (χ1n) is 9.88. The quantitative estimate of drug-likeness (QED) is 0.697. The van der Waals surface area contributed by atoms with Gasteiger partial charge in [0.15, 0.2) is 0 Å². The third-order valence-electron chi connectivity index (χ3n) is 4.85. The highest BCUT2D eigenvalue weighted by atomic mass is 16.2. The van der Waals surface area contributed by atoms with E-state index in [2.05, 4.69) is 42.7 Å². The van der Waals surface area contributed by atoms with Crippen molar-refractivity contribution < 1.29 is 9.59 Å². The molecule has 1 atom stereocenters. The fraction of sp³-hybridized carbons (Fsp3) is 0.417. The Labute approximate surface area is 168 Å². The van der Waals surface area contributed by atoms with Crippen molar-refractivity contribution in [2.24, 2.45) is 5.41 Å². The second-order valence-electron chi connectivity index (χ2n) is 8.36. The highest BCUT2D eigenvalue weighted by Crippen LogP contribution is 2.24. The molecule has 4 nitrogen and oxygen atoms in total. The SMILES string of the molecule is Cc1ccc([C@@H](NC(=O)CCCNC(=O)C(C)(C)C)c2ccccc2)cc1C. The summed E-state index contributed by atoms with van der Waals surface area (Å²) in [4.78, 5) is 24.5. The minimum atomic E-state index is -0.413. The number of aryl methyl sites for hydroxylation is 2. The molecule has 0 saturated carbocycles. The highest BCUT2D eigenvalue weighted by Gasteiger charge is 2.21. The van der Waals surface area contributed by atoms with Gasteiger partial charge in [-0.1, -0.05) is 69.3 Å². The maximum absolute atomic E-state index is 12.6. The van der Waals surface area contributed by atoms with Crippen LogP contribution in [0.4, 0.5) is 0 Å². The van der Waals surface area contributed by atoms with Gasteiger partial charge in [-0.25, -0.2) is 0 Å². The Hall–Kier alpha value is -2.62. The number of amides is 2. The zero-order valence-electron chi connectivity index (χ0n) is 17.6. The summed E-state index contributed by atoms with van der Waals surface area (Å²) in [6.45, 7) is 10.3. The van der Waals surface area contributed by atoms with Gasteiger partial charge in [0, 0.05) is 18.4 Å².